The molecule has 0 saturated heterocycles. The van der Waals surface area contributed by atoms with Gasteiger partial charge in [0, 0.05) is 7.05 Å². The summed E-state index contributed by atoms with van der Waals surface area (Å²) in [5.74, 6) is -0.0932. The maximum absolute atomic E-state index is 12.7. The van der Waals surface area contributed by atoms with E-state index in [0.717, 1.165) is 29.1 Å². The Morgan fingerprint density at radius 3 is 2.80 bits per heavy atom. The molecule has 0 atom stereocenters. The van der Waals surface area contributed by atoms with Crippen molar-refractivity contribution in [1.82, 2.24) is 9.78 Å². The minimum absolute atomic E-state index is 0.0240. The molecule has 0 aliphatic rings. The van der Waals surface area contributed by atoms with Gasteiger partial charge in [-0.1, -0.05) is 6.07 Å². The Hall–Kier alpha value is -3.89. The number of alkyl halides is 3. The first-order valence-electron chi connectivity index (χ1n) is 8.42. The summed E-state index contributed by atoms with van der Waals surface area (Å²) >= 11 is 0. The zero-order valence-electron chi connectivity index (χ0n) is 15.4. The lowest BCUT2D eigenvalue weighted by atomic mass is 10.2. The lowest BCUT2D eigenvalue weighted by Crippen LogP contribution is -2.05. The summed E-state index contributed by atoms with van der Waals surface area (Å²) in [6.07, 6.45) is -0.978. The summed E-state index contributed by atoms with van der Waals surface area (Å²) in [4.78, 5) is 22.4. The van der Waals surface area contributed by atoms with E-state index in [1.807, 2.05) is 0 Å². The van der Waals surface area contributed by atoms with Crippen LogP contribution >= 0.6 is 0 Å². The number of benzene rings is 1. The number of allylic oxidation sites excluding steroid dienone is 1. The molecule has 30 heavy (non-hydrogen) atoms. The van der Waals surface area contributed by atoms with Crippen molar-refractivity contribution in [3.8, 4) is 5.75 Å². The minimum atomic E-state index is -4.47. The predicted octanol–water partition coefficient (Wildman–Crippen LogP) is 4.42. The standard InChI is InChI=1S/C19H14F3N3O5/c1-24-10-16(25(27)28)18(23-24)17(26)8-7-13-5-6-15(30-13)11-29-14-4-2-3-12(9-14)19(20,21)22/h2-10H,11H2,1H3/b8-7+. The number of halogens is 3. The molecule has 0 amide bonds. The summed E-state index contributed by atoms with van der Waals surface area (Å²) < 4.78 is 50.1. The van der Waals surface area contributed by atoms with Gasteiger partial charge in [-0.3, -0.25) is 19.6 Å². The van der Waals surface area contributed by atoms with Crippen molar-refractivity contribution in [3.05, 3.63) is 81.6 Å². The smallest absolute Gasteiger partial charge is 0.416 e. The van der Waals surface area contributed by atoms with Crippen LogP contribution in [0.15, 0.2) is 53.1 Å². The van der Waals surface area contributed by atoms with E-state index in [4.69, 9.17) is 9.15 Å². The van der Waals surface area contributed by atoms with Crippen LogP contribution in [-0.2, 0) is 19.8 Å². The van der Waals surface area contributed by atoms with Crippen LogP contribution in [0.2, 0.25) is 0 Å². The van der Waals surface area contributed by atoms with Crippen molar-refractivity contribution in [2.75, 3.05) is 0 Å². The van der Waals surface area contributed by atoms with Crippen molar-refractivity contribution >= 4 is 17.5 Å². The van der Waals surface area contributed by atoms with Gasteiger partial charge < -0.3 is 9.15 Å². The Bertz CT molecular complexity index is 1110. The largest absolute Gasteiger partial charge is 0.486 e. The maximum atomic E-state index is 12.7. The Morgan fingerprint density at radius 1 is 1.33 bits per heavy atom. The molecule has 3 aromatic rings. The van der Waals surface area contributed by atoms with Crippen molar-refractivity contribution < 1.29 is 32.0 Å². The zero-order valence-corrected chi connectivity index (χ0v) is 15.4. The number of aromatic nitrogens is 2. The molecule has 156 valence electrons. The van der Waals surface area contributed by atoms with Gasteiger partial charge in [-0.25, -0.2) is 0 Å². The number of hydrogen-bond donors (Lipinski definition) is 0. The summed E-state index contributed by atoms with van der Waals surface area (Å²) in [5, 5.41) is 14.7. The molecular formula is C19H14F3N3O5. The second kappa shape index (κ2) is 8.23. The highest BCUT2D eigenvalue weighted by Crippen LogP contribution is 2.31. The van der Waals surface area contributed by atoms with Crippen LogP contribution in [0.5, 0.6) is 5.75 Å². The molecule has 0 radical (unpaired) electrons. The van der Waals surface area contributed by atoms with E-state index in [2.05, 4.69) is 5.10 Å². The second-order valence-corrected chi connectivity index (χ2v) is 6.11. The summed E-state index contributed by atoms with van der Waals surface area (Å²) in [5.41, 5.74) is -1.55. The Kier molecular flexibility index (Phi) is 5.72. The van der Waals surface area contributed by atoms with E-state index >= 15 is 0 Å². The number of ether oxygens (including phenoxy) is 1. The molecule has 3 rings (SSSR count). The lowest BCUT2D eigenvalue weighted by molar-refractivity contribution is -0.385. The molecule has 0 aliphatic carbocycles. The molecule has 0 aliphatic heterocycles. The minimum Gasteiger partial charge on any atom is -0.486 e. The fraction of sp³-hybridized carbons (Fsp3) is 0.158. The molecule has 0 bridgehead atoms. The number of aryl methyl sites for hydroxylation is 1. The zero-order chi connectivity index (χ0) is 21.9. The van der Waals surface area contributed by atoms with Crippen LogP contribution in [0.4, 0.5) is 18.9 Å². The SMILES string of the molecule is Cn1cc([N+](=O)[O-])c(C(=O)/C=C/c2ccc(COc3cccc(C(F)(F)F)c3)o2)n1. The highest BCUT2D eigenvalue weighted by Gasteiger charge is 2.30. The summed E-state index contributed by atoms with van der Waals surface area (Å²) in [7, 11) is 1.46. The van der Waals surface area contributed by atoms with E-state index < -0.39 is 28.1 Å². The molecule has 2 aromatic heterocycles. The van der Waals surface area contributed by atoms with Crippen molar-refractivity contribution in [3.63, 3.8) is 0 Å². The number of hydrogen-bond acceptors (Lipinski definition) is 6. The molecule has 11 heteroatoms. The molecule has 0 spiro atoms. The summed E-state index contributed by atoms with van der Waals surface area (Å²) in [6.45, 7) is -0.130. The number of nitrogens with zero attached hydrogens (tertiary/aromatic N) is 3. The van der Waals surface area contributed by atoms with Gasteiger partial charge in [0.05, 0.1) is 10.5 Å². The van der Waals surface area contributed by atoms with Gasteiger partial charge in [0.2, 0.25) is 11.5 Å². The highest BCUT2D eigenvalue weighted by molar-refractivity contribution is 6.07. The second-order valence-electron chi connectivity index (χ2n) is 6.11. The lowest BCUT2D eigenvalue weighted by Gasteiger charge is -2.09. The van der Waals surface area contributed by atoms with Crippen LogP contribution in [0.25, 0.3) is 6.08 Å². The van der Waals surface area contributed by atoms with Crippen LogP contribution in [0.3, 0.4) is 0 Å². The van der Waals surface area contributed by atoms with E-state index in [1.54, 1.807) is 0 Å². The quantitative estimate of drug-likeness (QED) is 0.242. The molecular weight excluding hydrogens is 407 g/mol. The molecule has 0 N–H and O–H groups in total. The van der Waals surface area contributed by atoms with Crippen molar-refractivity contribution in [2.45, 2.75) is 12.8 Å². The first-order chi connectivity index (χ1) is 14.1. The Morgan fingerprint density at radius 2 is 2.10 bits per heavy atom. The van der Waals surface area contributed by atoms with Crippen LogP contribution < -0.4 is 4.74 Å². The van der Waals surface area contributed by atoms with E-state index in [1.165, 1.54) is 37.4 Å². The van der Waals surface area contributed by atoms with E-state index in [-0.39, 0.29) is 23.8 Å². The monoisotopic (exact) mass is 421 g/mol. The van der Waals surface area contributed by atoms with Crippen molar-refractivity contribution in [1.29, 1.82) is 0 Å². The van der Waals surface area contributed by atoms with Crippen LogP contribution in [0.1, 0.15) is 27.6 Å². The molecule has 0 saturated carbocycles. The van der Waals surface area contributed by atoms with Gasteiger partial charge in [0.1, 0.15) is 30.1 Å². The van der Waals surface area contributed by atoms with Gasteiger partial charge >= 0.3 is 11.9 Å². The third-order valence-corrected chi connectivity index (χ3v) is 3.86. The van der Waals surface area contributed by atoms with Gasteiger partial charge in [0.25, 0.3) is 0 Å². The molecule has 2 heterocycles. The molecule has 8 nitrogen and oxygen atoms in total. The number of carbonyl (C=O) groups is 1. The highest BCUT2D eigenvalue weighted by atomic mass is 19.4. The van der Waals surface area contributed by atoms with Crippen molar-refractivity contribution in [2.24, 2.45) is 7.05 Å². The van der Waals surface area contributed by atoms with Gasteiger partial charge in [-0.05, 0) is 42.5 Å². The molecule has 0 unspecified atom stereocenters. The maximum Gasteiger partial charge on any atom is 0.416 e. The third-order valence-electron chi connectivity index (χ3n) is 3.86. The van der Waals surface area contributed by atoms with Gasteiger partial charge in [0.15, 0.2) is 0 Å². The van der Waals surface area contributed by atoms with E-state index in [0.29, 0.717) is 5.76 Å². The molecule has 1 aromatic carbocycles. The van der Waals surface area contributed by atoms with E-state index in [9.17, 15) is 28.1 Å². The Labute approximate surface area is 167 Å². The molecule has 0 fully saturated rings. The van der Waals surface area contributed by atoms with Crippen LogP contribution in [0, 0.1) is 10.1 Å². The number of rotatable bonds is 7. The fourth-order valence-corrected chi connectivity index (χ4v) is 2.50. The van der Waals surface area contributed by atoms with Gasteiger partial charge in [-0.2, -0.15) is 18.3 Å². The Balaban J connectivity index is 1.64. The third kappa shape index (κ3) is 4.93. The number of furan rings is 1. The fourth-order valence-electron chi connectivity index (χ4n) is 2.50. The number of nitro groups is 1. The normalized spacial score (nSPS) is 11.7. The predicted molar refractivity (Wildman–Crippen MR) is 97.7 cm³/mol. The topological polar surface area (TPSA) is 100 Å². The van der Waals surface area contributed by atoms with Gasteiger partial charge in [-0.15, -0.1) is 0 Å². The average molecular weight is 421 g/mol. The average Bonchev–Trinajstić information content (AvgIpc) is 3.30. The number of ketones is 1. The van der Waals surface area contributed by atoms with Crippen LogP contribution in [-0.4, -0.2) is 20.5 Å². The summed E-state index contributed by atoms with van der Waals surface area (Å²) in [6, 6.07) is 7.48. The number of carbonyl (C=O) groups excluding carboxylic acids is 1. The first-order valence-corrected chi connectivity index (χ1v) is 8.42. The first kappa shape index (κ1) is 20.8.